The highest BCUT2D eigenvalue weighted by Gasteiger charge is 2.13. The summed E-state index contributed by atoms with van der Waals surface area (Å²) in [6.45, 7) is 3.91. The highest BCUT2D eigenvalue weighted by molar-refractivity contribution is 5.89. The van der Waals surface area contributed by atoms with Crippen molar-refractivity contribution in [1.29, 1.82) is 0 Å². The maximum absolute atomic E-state index is 12.4. The zero-order chi connectivity index (χ0) is 19.7. The molecule has 0 N–H and O–H groups in total. The number of esters is 1. The molecule has 3 aromatic carbocycles. The number of carbonyl (C=O) groups excluding carboxylic acids is 1. The monoisotopic (exact) mass is 372 g/mol. The molecule has 4 nitrogen and oxygen atoms in total. The van der Waals surface area contributed by atoms with Crippen LogP contribution < -0.4 is 5.63 Å². The first-order valence-corrected chi connectivity index (χ1v) is 9.18. The summed E-state index contributed by atoms with van der Waals surface area (Å²) in [5, 5.41) is 2.92. The minimum atomic E-state index is -0.443. The lowest BCUT2D eigenvalue weighted by atomic mass is 10.0. The van der Waals surface area contributed by atoms with E-state index in [9.17, 15) is 9.59 Å². The van der Waals surface area contributed by atoms with Gasteiger partial charge in [-0.1, -0.05) is 54.6 Å². The Kier molecular flexibility index (Phi) is 4.70. The van der Waals surface area contributed by atoms with E-state index >= 15 is 0 Å². The summed E-state index contributed by atoms with van der Waals surface area (Å²) in [7, 11) is 0. The van der Waals surface area contributed by atoms with Gasteiger partial charge in [0.25, 0.3) is 0 Å². The summed E-state index contributed by atoms with van der Waals surface area (Å²) in [6.07, 6.45) is 0.179. The van der Waals surface area contributed by atoms with Crippen LogP contribution in [0.3, 0.4) is 0 Å². The molecule has 140 valence electrons. The van der Waals surface area contributed by atoms with Gasteiger partial charge in [-0.25, -0.2) is 4.79 Å². The van der Waals surface area contributed by atoms with Crippen LogP contribution in [0.15, 0.2) is 69.9 Å². The van der Waals surface area contributed by atoms with E-state index in [0.717, 1.165) is 32.8 Å². The predicted octanol–water partition coefficient (Wildman–Crippen LogP) is 4.85. The number of aryl methyl sites for hydroxylation is 2. The summed E-state index contributed by atoms with van der Waals surface area (Å²) in [4.78, 5) is 24.4. The van der Waals surface area contributed by atoms with Gasteiger partial charge in [-0.2, -0.15) is 0 Å². The summed E-state index contributed by atoms with van der Waals surface area (Å²) in [5.41, 5.74) is 3.64. The fourth-order valence-corrected chi connectivity index (χ4v) is 3.46. The first-order valence-electron chi connectivity index (χ1n) is 9.18. The number of carbonyl (C=O) groups is 1. The average molecular weight is 372 g/mol. The van der Waals surface area contributed by atoms with Crippen LogP contribution >= 0.6 is 0 Å². The third-order valence-corrected chi connectivity index (χ3v) is 5.12. The Hall–Kier alpha value is -3.40. The molecule has 4 rings (SSSR count). The standard InChI is InChI=1S/C24H20O4/c1-15-10-11-21-19(13-23(26)28-24(21)16(15)2)14-27-22(25)12-18-8-5-7-17-6-3-4-9-20(17)18/h3-11,13H,12,14H2,1-2H3. The van der Waals surface area contributed by atoms with Gasteiger partial charge in [-0.05, 0) is 41.3 Å². The number of rotatable bonds is 4. The normalized spacial score (nSPS) is 11.1. The highest BCUT2D eigenvalue weighted by Crippen LogP contribution is 2.24. The van der Waals surface area contributed by atoms with Gasteiger partial charge >= 0.3 is 11.6 Å². The Morgan fingerprint density at radius 3 is 2.57 bits per heavy atom. The average Bonchev–Trinajstić information content (AvgIpc) is 2.69. The molecule has 0 bridgehead atoms. The number of hydrogen-bond donors (Lipinski definition) is 0. The van der Waals surface area contributed by atoms with E-state index in [-0.39, 0.29) is 19.0 Å². The van der Waals surface area contributed by atoms with Gasteiger partial charge in [0.05, 0.1) is 6.42 Å². The zero-order valence-electron chi connectivity index (χ0n) is 15.8. The van der Waals surface area contributed by atoms with E-state index in [4.69, 9.17) is 9.15 Å². The van der Waals surface area contributed by atoms with Crippen LogP contribution in [0.4, 0.5) is 0 Å². The molecule has 0 unspecified atom stereocenters. The van der Waals surface area contributed by atoms with E-state index in [1.807, 2.05) is 68.4 Å². The van der Waals surface area contributed by atoms with Gasteiger partial charge in [-0.3, -0.25) is 4.79 Å². The molecule has 28 heavy (non-hydrogen) atoms. The Bertz CT molecular complexity index is 1250. The highest BCUT2D eigenvalue weighted by atomic mass is 16.5. The largest absolute Gasteiger partial charge is 0.461 e. The third-order valence-electron chi connectivity index (χ3n) is 5.12. The van der Waals surface area contributed by atoms with Crippen molar-refractivity contribution in [2.45, 2.75) is 26.9 Å². The minimum Gasteiger partial charge on any atom is -0.461 e. The van der Waals surface area contributed by atoms with Crippen molar-refractivity contribution >= 4 is 27.7 Å². The zero-order valence-corrected chi connectivity index (χ0v) is 15.8. The van der Waals surface area contributed by atoms with Crippen LogP contribution in [0.1, 0.15) is 22.3 Å². The number of hydrogen-bond acceptors (Lipinski definition) is 4. The lowest BCUT2D eigenvalue weighted by molar-refractivity contribution is -0.144. The number of benzene rings is 3. The Morgan fingerprint density at radius 2 is 1.71 bits per heavy atom. The molecule has 0 radical (unpaired) electrons. The van der Waals surface area contributed by atoms with E-state index < -0.39 is 5.63 Å². The van der Waals surface area contributed by atoms with E-state index in [1.165, 1.54) is 6.07 Å². The van der Waals surface area contributed by atoms with Crippen LogP contribution in [0.2, 0.25) is 0 Å². The molecule has 4 aromatic rings. The molecule has 0 atom stereocenters. The Labute approximate surface area is 162 Å². The first kappa shape index (κ1) is 18.0. The summed E-state index contributed by atoms with van der Waals surface area (Å²) in [6, 6.07) is 19.1. The quantitative estimate of drug-likeness (QED) is 0.380. The van der Waals surface area contributed by atoms with Crippen molar-refractivity contribution in [2.75, 3.05) is 0 Å². The predicted molar refractivity (Wildman–Crippen MR) is 109 cm³/mol. The Morgan fingerprint density at radius 1 is 0.929 bits per heavy atom. The maximum atomic E-state index is 12.4. The van der Waals surface area contributed by atoms with Crippen molar-refractivity contribution in [3.8, 4) is 0 Å². The van der Waals surface area contributed by atoms with E-state index in [1.54, 1.807) is 0 Å². The summed E-state index contributed by atoms with van der Waals surface area (Å²) >= 11 is 0. The fraction of sp³-hybridized carbons (Fsp3) is 0.167. The molecule has 1 aromatic heterocycles. The molecule has 0 spiro atoms. The van der Waals surface area contributed by atoms with Crippen LogP contribution in [0, 0.1) is 13.8 Å². The van der Waals surface area contributed by atoms with Gasteiger partial charge in [0.15, 0.2) is 0 Å². The fourth-order valence-electron chi connectivity index (χ4n) is 3.46. The Balaban J connectivity index is 1.57. The SMILES string of the molecule is Cc1ccc2c(COC(=O)Cc3cccc4ccccc34)cc(=O)oc2c1C. The van der Waals surface area contributed by atoms with Gasteiger partial charge in [0.2, 0.25) is 0 Å². The van der Waals surface area contributed by atoms with E-state index in [2.05, 4.69) is 0 Å². The van der Waals surface area contributed by atoms with Crippen LogP contribution in [-0.2, 0) is 22.6 Å². The molecule has 0 fully saturated rings. The van der Waals surface area contributed by atoms with Crippen molar-refractivity contribution in [3.63, 3.8) is 0 Å². The van der Waals surface area contributed by atoms with Crippen LogP contribution in [-0.4, -0.2) is 5.97 Å². The molecule has 0 saturated carbocycles. The third kappa shape index (κ3) is 3.41. The summed E-state index contributed by atoms with van der Waals surface area (Å²) in [5.74, 6) is -0.332. The molecule has 4 heteroatoms. The molecule has 0 aliphatic rings. The second kappa shape index (κ2) is 7.31. The van der Waals surface area contributed by atoms with Crippen LogP contribution in [0.25, 0.3) is 21.7 Å². The second-order valence-electron chi connectivity index (χ2n) is 6.95. The second-order valence-corrected chi connectivity index (χ2v) is 6.95. The van der Waals surface area contributed by atoms with E-state index in [0.29, 0.717) is 11.1 Å². The lowest BCUT2D eigenvalue weighted by Gasteiger charge is -2.10. The summed E-state index contributed by atoms with van der Waals surface area (Å²) < 4.78 is 10.9. The van der Waals surface area contributed by atoms with Crippen molar-refractivity contribution in [3.05, 3.63) is 93.3 Å². The molecule has 0 aliphatic carbocycles. The van der Waals surface area contributed by atoms with Gasteiger partial charge in [0.1, 0.15) is 12.2 Å². The van der Waals surface area contributed by atoms with Gasteiger partial charge in [0, 0.05) is 17.0 Å². The van der Waals surface area contributed by atoms with Gasteiger partial charge in [-0.15, -0.1) is 0 Å². The van der Waals surface area contributed by atoms with Crippen LogP contribution in [0.5, 0.6) is 0 Å². The lowest BCUT2D eigenvalue weighted by Crippen LogP contribution is -2.10. The molecule has 0 saturated heterocycles. The van der Waals surface area contributed by atoms with Crippen molar-refractivity contribution in [2.24, 2.45) is 0 Å². The molecule has 0 aliphatic heterocycles. The minimum absolute atomic E-state index is 0.0359. The first-order chi connectivity index (χ1) is 13.5. The smallest absolute Gasteiger partial charge is 0.336 e. The maximum Gasteiger partial charge on any atom is 0.336 e. The number of ether oxygens (including phenoxy) is 1. The van der Waals surface area contributed by atoms with Crippen molar-refractivity contribution in [1.82, 2.24) is 0 Å². The molecule has 0 amide bonds. The van der Waals surface area contributed by atoms with Crippen molar-refractivity contribution < 1.29 is 13.9 Å². The topological polar surface area (TPSA) is 56.5 Å². The molecule has 1 heterocycles. The molecular weight excluding hydrogens is 352 g/mol. The number of fused-ring (bicyclic) bond motifs is 2. The van der Waals surface area contributed by atoms with Gasteiger partial charge < -0.3 is 9.15 Å². The molecular formula is C24H20O4.